The van der Waals surface area contributed by atoms with Crippen molar-refractivity contribution in [2.45, 2.75) is 18.3 Å². The largest absolute Gasteiger partial charge is 0.491 e. The minimum Gasteiger partial charge on any atom is -0.491 e. The van der Waals surface area contributed by atoms with Crippen LogP contribution in [0.15, 0.2) is 158 Å². The fraction of sp³-hybridized carbons (Fsp3) is 0.200. The van der Waals surface area contributed by atoms with Gasteiger partial charge in [0.1, 0.15) is 67.7 Å². The quantitative estimate of drug-likeness (QED) is 0.0911. The summed E-state index contributed by atoms with van der Waals surface area (Å²) in [6.07, 6.45) is -0.635. The second-order valence-electron chi connectivity index (χ2n) is 13.7. The minimum absolute atomic E-state index is 0.0161. The Bertz CT molecular complexity index is 2110. The first-order chi connectivity index (χ1) is 27.4. The molecule has 6 aromatic rings. The Morgan fingerprint density at radius 1 is 0.446 bits per heavy atom. The van der Waals surface area contributed by atoms with Crippen molar-refractivity contribution >= 4 is 46.1 Å². The van der Waals surface area contributed by atoms with Gasteiger partial charge >= 0.3 is 0 Å². The number of benzene rings is 6. The maximum atomic E-state index is 14.9. The van der Waals surface area contributed by atoms with Gasteiger partial charge in [-0.1, -0.05) is 60.7 Å². The lowest BCUT2D eigenvalue weighted by Crippen LogP contribution is -2.26. The summed E-state index contributed by atoms with van der Waals surface area (Å²) in [7, 11) is -6.42. The van der Waals surface area contributed by atoms with Crippen molar-refractivity contribution in [3.05, 3.63) is 158 Å². The van der Waals surface area contributed by atoms with Crippen molar-refractivity contribution in [2.75, 3.05) is 39.6 Å². The first-order valence-electron chi connectivity index (χ1n) is 18.5. The molecule has 2 fully saturated rings. The van der Waals surface area contributed by atoms with Crippen molar-refractivity contribution in [3.63, 3.8) is 0 Å². The highest BCUT2D eigenvalue weighted by Gasteiger charge is 2.32. The lowest BCUT2D eigenvalue weighted by atomic mass is 10.3. The predicted molar refractivity (Wildman–Crippen MR) is 219 cm³/mol. The molecule has 2 aliphatic rings. The molecular weight excluding hydrogens is 746 g/mol. The van der Waals surface area contributed by atoms with Crippen molar-refractivity contribution in [3.8, 4) is 23.0 Å². The van der Waals surface area contributed by atoms with E-state index in [1.54, 1.807) is 24.3 Å². The van der Waals surface area contributed by atoms with Gasteiger partial charge in [0.05, 0.1) is 13.2 Å². The molecule has 11 heteroatoms. The zero-order chi connectivity index (χ0) is 38.4. The van der Waals surface area contributed by atoms with Gasteiger partial charge in [0.25, 0.3) is 0 Å². The number of rotatable bonds is 18. The van der Waals surface area contributed by atoms with Crippen LogP contribution in [0.5, 0.6) is 23.0 Å². The summed E-state index contributed by atoms with van der Waals surface area (Å²) in [4.78, 5) is 0. The molecule has 6 aromatic carbocycles. The molecule has 0 radical (unpaired) electrons. The monoisotopic (exact) mass is 788 g/mol. The molecule has 0 aromatic heterocycles. The van der Waals surface area contributed by atoms with Crippen molar-refractivity contribution in [1.82, 2.24) is 0 Å². The standard InChI is InChI=1S/C45H42O9P2/c46-33(27-49-34-11-19-42(20-12-34)55(47,40-7-3-1-4-8-40)44-23-15-36(16-24-44)51-29-38-31-53-38)28-50-35-13-21-43(22-14-35)56(48,41-9-5-2-6-10-41)45-25-17-37(18-26-45)52-30-39-32-54-39/h1-26,33,38-39,46H,27-32H2. The van der Waals surface area contributed by atoms with Crippen LogP contribution in [-0.4, -0.2) is 63.1 Å². The van der Waals surface area contributed by atoms with E-state index in [2.05, 4.69) is 0 Å². The number of ether oxygens (including phenoxy) is 6. The molecule has 0 bridgehead atoms. The molecular formula is C45H42O9P2. The van der Waals surface area contributed by atoms with Crippen LogP contribution >= 0.6 is 14.3 Å². The second kappa shape index (κ2) is 16.9. The fourth-order valence-corrected chi connectivity index (χ4v) is 11.6. The Hall–Kier alpha value is -5.14. The second-order valence-corrected chi connectivity index (χ2v) is 19.2. The Morgan fingerprint density at radius 2 is 0.714 bits per heavy atom. The molecule has 2 aliphatic heterocycles. The third-order valence-electron chi connectivity index (χ3n) is 9.60. The maximum absolute atomic E-state index is 14.9. The molecule has 4 unspecified atom stereocenters. The molecule has 0 amide bonds. The Balaban J connectivity index is 0.893. The van der Waals surface area contributed by atoms with Gasteiger partial charge < -0.3 is 42.7 Å². The highest BCUT2D eigenvalue weighted by Crippen LogP contribution is 2.44. The van der Waals surface area contributed by atoms with Crippen LogP contribution in [0.1, 0.15) is 0 Å². The normalized spacial score (nSPS) is 18.4. The lowest BCUT2D eigenvalue weighted by molar-refractivity contribution is 0.0626. The van der Waals surface area contributed by atoms with Crippen LogP contribution in [0.25, 0.3) is 0 Å². The van der Waals surface area contributed by atoms with Crippen LogP contribution in [-0.2, 0) is 18.6 Å². The number of aliphatic hydroxyl groups excluding tert-OH is 1. The molecule has 0 spiro atoms. The van der Waals surface area contributed by atoms with Gasteiger partial charge in [0, 0.05) is 31.8 Å². The molecule has 2 saturated heterocycles. The summed E-state index contributed by atoms with van der Waals surface area (Å²) in [5.41, 5.74) is 0. The Kier molecular flexibility index (Phi) is 11.4. The summed E-state index contributed by atoms with van der Waals surface area (Å²) in [5, 5.41) is 14.9. The smallest absolute Gasteiger partial charge is 0.171 e. The van der Waals surface area contributed by atoms with E-state index in [1.807, 2.05) is 133 Å². The molecule has 4 atom stereocenters. The van der Waals surface area contributed by atoms with E-state index in [9.17, 15) is 14.2 Å². The summed E-state index contributed by atoms with van der Waals surface area (Å²) in [6.45, 7) is 2.39. The van der Waals surface area contributed by atoms with E-state index in [1.165, 1.54) is 0 Å². The van der Waals surface area contributed by atoms with E-state index in [4.69, 9.17) is 28.4 Å². The third kappa shape index (κ3) is 8.79. The van der Waals surface area contributed by atoms with Gasteiger partial charge in [-0.25, -0.2) is 0 Å². The molecule has 9 nitrogen and oxygen atoms in total. The van der Waals surface area contributed by atoms with Gasteiger partial charge in [-0.3, -0.25) is 0 Å². The summed E-state index contributed by atoms with van der Waals surface area (Å²) in [6, 6.07) is 48.0. The molecule has 1 N–H and O–H groups in total. The summed E-state index contributed by atoms with van der Waals surface area (Å²) < 4.78 is 63.7. The third-order valence-corrected chi connectivity index (χ3v) is 15.8. The lowest BCUT2D eigenvalue weighted by Gasteiger charge is -2.21. The van der Waals surface area contributed by atoms with E-state index in [0.29, 0.717) is 57.4 Å². The Morgan fingerprint density at radius 3 is 1.00 bits per heavy atom. The van der Waals surface area contributed by atoms with Crippen LogP contribution in [0.4, 0.5) is 0 Å². The SMILES string of the molecule is O=P(c1ccccc1)(c1ccc(OCC(O)COc2ccc(P(=O)(c3ccccc3)c3ccc(OCC4CO4)cc3)cc2)cc1)c1ccc(OCC2CO2)cc1. The van der Waals surface area contributed by atoms with E-state index < -0.39 is 20.4 Å². The van der Waals surface area contributed by atoms with Crippen LogP contribution in [0.2, 0.25) is 0 Å². The van der Waals surface area contributed by atoms with Crippen molar-refractivity contribution < 1.29 is 42.7 Å². The van der Waals surface area contributed by atoms with Gasteiger partial charge in [-0.05, 0) is 97.1 Å². The van der Waals surface area contributed by atoms with Gasteiger partial charge in [-0.2, -0.15) is 0 Å². The topological polar surface area (TPSA) is 116 Å². The highest BCUT2D eigenvalue weighted by molar-refractivity contribution is 7.85. The van der Waals surface area contributed by atoms with Crippen LogP contribution < -0.4 is 50.8 Å². The molecule has 286 valence electrons. The zero-order valence-electron chi connectivity index (χ0n) is 30.6. The van der Waals surface area contributed by atoms with E-state index >= 15 is 0 Å². The average molecular weight is 789 g/mol. The number of aliphatic hydroxyl groups is 1. The Labute approximate surface area is 326 Å². The van der Waals surface area contributed by atoms with Gasteiger partial charge in [-0.15, -0.1) is 0 Å². The van der Waals surface area contributed by atoms with Gasteiger partial charge in [0.2, 0.25) is 0 Å². The van der Waals surface area contributed by atoms with Crippen LogP contribution in [0, 0.1) is 0 Å². The van der Waals surface area contributed by atoms with Crippen molar-refractivity contribution in [1.29, 1.82) is 0 Å². The average Bonchev–Trinajstić information content (AvgIpc) is 4.21. The fourth-order valence-electron chi connectivity index (χ4n) is 6.32. The summed E-state index contributed by atoms with van der Waals surface area (Å²) in [5.74, 6) is 2.45. The molecule has 0 saturated carbocycles. The molecule has 56 heavy (non-hydrogen) atoms. The number of epoxide rings is 2. The highest BCUT2D eigenvalue weighted by atomic mass is 31.2. The molecule has 2 heterocycles. The van der Waals surface area contributed by atoms with Crippen LogP contribution in [0.3, 0.4) is 0 Å². The minimum atomic E-state index is -3.21. The van der Waals surface area contributed by atoms with Gasteiger partial charge in [0.15, 0.2) is 14.3 Å². The molecule has 0 aliphatic carbocycles. The van der Waals surface area contributed by atoms with E-state index in [0.717, 1.165) is 23.8 Å². The first-order valence-corrected chi connectivity index (χ1v) is 22.0. The zero-order valence-corrected chi connectivity index (χ0v) is 32.4. The first kappa shape index (κ1) is 37.8. The summed E-state index contributed by atoms with van der Waals surface area (Å²) >= 11 is 0. The predicted octanol–water partition coefficient (Wildman–Crippen LogP) is 5.34. The van der Waals surface area contributed by atoms with E-state index in [-0.39, 0.29) is 25.4 Å². The molecule has 8 rings (SSSR count). The number of hydrogen-bond donors (Lipinski definition) is 1. The number of hydrogen-bond acceptors (Lipinski definition) is 9. The maximum Gasteiger partial charge on any atom is 0.171 e. The van der Waals surface area contributed by atoms with Crippen molar-refractivity contribution in [2.24, 2.45) is 0 Å².